The van der Waals surface area contributed by atoms with Crippen LogP contribution in [0, 0.1) is 0 Å². The molecule has 1 atom stereocenters. The summed E-state index contributed by atoms with van der Waals surface area (Å²) in [7, 11) is 0. The van der Waals surface area contributed by atoms with Crippen molar-refractivity contribution < 1.29 is 13.3 Å². The van der Waals surface area contributed by atoms with E-state index in [2.05, 4.69) is 15.5 Å². The molecule has 18 heavy (non-hydrogen) atoms. The smallest absolute Gasteiger partial charge is 0.262 e. The topological polar surface area (TPSA) is 51.0 Å². The molecule has 3 rings (SSSR count). The Kier molecular flexibility index (Phi) is 3.87. The normalized spacial score (nSPS) is 27.3. The van der Waals surface area contributed by atoms with Crippen LogP contribution >= 0.6 is 12.4 Å². The summed E-state index contributed by atoms with van der Waals surface area (Å²) in [6, 6.07) is -0.493. The fourth-order valence-corrected chi connectivity index (χ4v) is 2.63. The van der Waals surface area contributed by atoms with Crippen LogP contribution in [-0.2, 0) is 0 Å². The number of nitrogens with zero attached hydrogens (tertiary/aromatic N) is 2. The van der Waals surface area contributed by atoms with Gasteiger partial charge in [-0.2, -0.15) is 4.98 Å². The van der Waals surface area contributed by atoms with Crippen molar-refractivity contribution in [3.05, 3.63) is 11.7 Å². The summed E-state index contributed by atoms with van der Waals surface area (Å²) in [5, 5.41) is 6.64. The molecule has 2 heterocycles. The van der Waals surface area contributed by atoms with Crippen LogP contribution in [0.25, 0.3) is 0 Å². The van der Waals surface area contributed by atoms with Crippen LogP contribution in [0.3, 0.4) is 0 Å². The fourth-order valence-electron chi connectivity index (χ4n) is 2.63. The molecule has 0 aromatic carbocycles. The molecule has 1 aromatic rings. The zero-order chi connectivity index (χ0) is 11.9. The Bertz CT molecular complexity index is 407. The third kappa shape index (κ3) is 2.64. The van der Waals surface area contributed by atoms with Gasteiger partial charge >= 0.3 is 0 Å². The van der Waals surface area contributed by atoms with E-state index in [9.17, 15) is 8.78 Å². The molecule has 102 valence electrons. The van der Waals surface area contributed by atoms with E-state index in [1.165, 1.54) is 12.8 Å². The van der Waals surface area contributed by atoms with Crippen molar-refractivity contribution in [1.82, 2.24) is 15.5 Å². The van der Waals surface area contributed by atoms with Crippen molar-refractivity contribution in [2.45, 2.75) is 50.0 Å². The highest BCUT2D eigenvalue weighted by Gasteiger charge is 2.42. The van der Waals surface area contributed by atoms with Crippen molar-refractivity contribution in [2.75, 3.05) is 6.54 Å². The molecule has 1 unspecified atom stereocenters. The van der Waals surface area contributed by atoms with Gasteiger partial charge in [0.25, 0.3) is 5.92 Å². The third-order valence-corrected chi connectivity index (χ3v) is 3.59. The van der Waals surface area contributed by atoms with Gasteiger partial charge in [-0.1, -0.05) is 18.0 Å². The first-order valence-corrected chi connectivity index (χ1v) is 6.09. The van der Waals surface area contributed by atoms with Gasteiger partial charge in [-0.15, -0.1) is 12.4 Å². The minimum Gasteiger partial charge on any atom is -0.338 e. The number of alkyl halides is 2. The monoisotopic (exact) mass is 279 g/mol. The van der Waals surface area contributed by atoms with E-state index < -0.39 is 12.0 Å². The van der Waals surface area contributed by atoms with Crippen LogP contribution in [0.5, 0.6) is 0 Å². The second kappa shape index (κ2) is 5.09. The van der Waals surface area contributed by atoms with Crippen LogP contribution in [0.2, 0.25) is 0 Å². The predicted octanol–water partition coefficient (Wildman–Crippen LogP) is 2.82. The molecular weight excluding hydrogens is 264 g/mol. The van der Waals surface area contributed by atoms with Crippen molar-refractivity contribution in [3.63, 3.8) is 0 Å². The van der Waals surface area contributed by atoms with Crippen molar-refractivity contribution in [2.24, 2.45) is 0 Å². The molecule has 7 heteroatoms. The quantitative estimate of drug-likeness (QED) is 0.904. The molecule has 4 nitrogen and oxygen atoms in total. The highest BCUT2D eigenvalue weighted by molar-refractivity contribution is 5.85. The maximum absolute atomic E-state index is 13.0. The highest BCUT2D eigenvalue weighted by Crippen LogP contribution is 2.36. The van der Waals surface area contributed by atoms with Gasteiger partial charge in [0.1, 0.15) is 0 Å². The Labute approximate surface area is 110 Å². The standard InChI is InChI=1S/C11H15F2N3O.ClH/c12-11(13)5-8(14-6-11)10-15-9(16-17-10)7-3-1-2-4-7;/h7-8,14H,1-6H2;1H. The molecule has 0 radical (unpaired) electrons. The lowest BCUT2D eigenvalue weighted by Gasteiger charge is -2.04. The first-order chi connectivity index (χ1) is 8.14. The van der Waals surface area contributed by atoms with E-state index in [1.807, 2.05) is 0 Å². The predicted molar refractivity (Wildman–Crippen MR) is 63.1 cm³/mol. The van der Waals surface area contributed by atoms with Gasteiger partial charge in [0.2, 0.25) is 5.89 Å². The average molecular weight is 280 g/mol. The van der Waals surface area contributed by atoms with Crippen molar-refractivity contribution in [1.29, 1.82) is 0 Å². The number of rotatable bonds is 2. The molecule has 1 saturated carbocycles. The summed E-state index contributed by atoms with van der Waals surface area (Å²) < 4.78 is 31.2. The Hall–Kier alpha value is -0.750. The number of hydrogen-bond donors (Lipinski definition) is 1. The maximum atomic E-state index is 13.0. The molecule has 2 fully saturated rings. The Morgan fingerprint density at radius 2 is 2.00 bits per heavy atom. The van der Waals surface area contributed by atoms with Gasteiger partial charge < -0.3 is 4.52 Å². The second-order valence-electron chi connectivity index (χ2n) is 4.97. The second-order valence-corrected chi connectivity index (χ2v) is 4.97. The molecule has 2 aliphatic rings. The first kappa shape index (κ1) is 13.7. The van der Waals surface area contributed by atoms with Crippen LogP contribution in [0.15, 0.2) is 4.52 Å². The fraction of sp³-hybridized carbons (Fsp3) is 0.818. The minimum atomic E-state index is -2.66. The zero-order valence-electron chi connectivity index (χ0n) is 9.86. The van der Waals surface area contributed by atoms with Crippen LogP contribution in [-0.4, -0.2) is 22.6 Å². The van der Waals surface area contributed by atoms with Crippen molar-refractivity contribution in [3.8, 4) is 0 Å². The van der Waals surface area contributed by atoms with E-state index in [-0.39, 0.29) is 25.4 Å². The van der Waals surface area contributed by atoms with Gasteiger partial charge in [0.15, 0.2) is 5.82 Å². The molecule has 0 spiro atoms. The third-order valence-electron chi connectivity index (χ3n) is 3.59. The highest BCUT2D eigenvalue weighted by atomic mass is 35.5. The lowest BCUT2D eigenvalue weighted by atomic mass is 10.1. The van der Waals surface area contributed by atoms with Gasteiger partial charge in [0.05, 0.1) is 12.6 Å². The first-order valence-electron chi connectivity index (χ1n) is 6.09. The number of hydrogen-bond acceptors (Lipinski definition) is 4. The molecule has 1 aliphatic heterocycles. The summed E-state index contributed by atoms with van der Waals surface area (Å²) in [6.45, 7) is -0.307. The molecule has 0 amide bonds. The van der Waals surface area contributed by atoms with Crippen molar-refractivity contribution >= 4 is 12.4 Å². The number of halogens is 3. The van der Waals surface area contributed by atoms with Gasteiger partial charge in [-0.25, -0.2) is 8.78 Å². The lowest BCUT2D eigenvalue weighted by molar-refractivity contribution is 0.0200. The van der Waals surface area contributed by atoms with E-state index in [0.717, 1.165) is 12.8 Å². The number of nitrogens with one attached hydrogen (secondary N) is 1. The maximum Gasteiger partial charge on any atom is 0.262 e. The Balaban J connectivity index is 0.00000120. The summed E-state index contributed by atoms with van der Waals surface area (Å²) in [4.78, 5) is 4.27. The van der Waals surface area contributed by atoms with Crippen LogP contribution in [0.4, 0.5) is 8.78 Å². The largest absolute Gasteiger partial charge is 0.338 e. The van der Waals surface area contributed by atoms with E-state index in [1.54, 1.807) is 0 Å². The number of aromatic nitrogens is 2. The van der Waals surface area contributed by atoms with Crippen LogP contribution in [0.1, 0.15) is 55.8 Å². The summed E-state index contributed by atoms with van der Waals surface area (Å²) >= 11 is 0. The van der Waals surface area contributed by atoms with Gasteiger partial charge in [0, 0.05) is 12.3 Å². The SMILES string of the molecule is Cl.FC1(F)CNC(c2nc(C3CCCC3)no2)C1. The molecular formula is C11H16ClF2N3O. The summed E-state index contributed by atoms with van der Waals surface area (Å²) in [6.07, 6.45) is 4.28. The summed E-state index contributed by atoms with van der Waals surface area (Å²) in [5.74, 6) is -1.31. The minimum absolute atomic E-state index is 0. The van der Waals surface area contributed by atoms with E-state index in [0.29, 0.717) is 17.6 Å². The Morgan fingerprint density at radius 3 is 2.61 bits per heavy atom. The average Bonchev–Trinajstić information content (AvgIpc) is 2.93. The lowest BCUT2D eigenvalue weighted by Crippen LogP contribution is -2.19. The summed E-state index contributed by atoms with van der Waals surface area (Å²) in [5.41, 5.74) is 0. The molecule has 1 N–H and O–H groups in total. The van der Waals surface area contributed by atoms with Gasteiger partial charge in [-0.3, -0.25) is 5.32 Å². The van der Waals surface area contributed by atoms with Gasteiger partial charge in [-0.05, 0) is 12.8 Å². The zero-order valence-corrected chi connectivity index (χ0v) is 10.7. The van der Waals surface area contributed by atoms with E-state index in [4.69, 9.17) is 4.52 Å². The molecule has 1 saturated heterocycles. The van der Waals surface area contributed by atoms with Crippen LogP contribution < -0.4 is 5.32 Å². The molecule has 1 aliphatic carbocycles. The van der Waals surface area contributed by atoms with E-state index >= 15 is 0 Å². The molecule has 1 aromatic heterocycles. The Morgan fingerprint density at radius 1 is 1.28 bits per heavy atom. The molecule has 0 bridgehead atoms.